The van der Waals surface area contributed by atoms with Gasteiger partial charge in [-0.25, -0.2) is 4.98 Å². The first-order chi connectivity index (χ1) is 20.8. The van der Waals surface area contributed by atoms with Crippen LogP contribution in [0.15, 0.2) is 140 Å². The van der Waals surface area contributed by atoms with E-state index in [0.717, 1.165) is 33.9 Å². The Balaban J connectivity index is 1.43. The Kier molecular flexibility index (Phi) is 4.83. The van der Waals surface area contributed by atoms with Gasteiger partial charge in [0, 0.05) is 64.0 Å². The summed E-state index contributed by atoms with van der Waals surface area (Å²) in [7, 11) is 0. The fraction of sp³-hybridized carbons (Fsp3) is 0. The monoisotopic (exact) mass is 537 g/mol. The molecule has 0 radical (unpaired) electrons. The van der Waals surface area contributed by atoms with Crippen LogP contribution in [-0.4, -0.2) is 24.1 Å². The standard InChI is InChI=1S/C37H23N5/c1-2-10-28(11-3-1)41-18-15-30-34(41)19-25-14-13-24-7-4-12-33-35(24)36(25)37(30)42(33)29-20-31(26-8-5-16-38-22-26)40-32(21-29)27-9-6-17-39-23-27/h1-23H. The first-order valence-electron chi connectivity index (χ1n) is 14.0. The van der Waals surface area contributed by atoms with Crippen LogP contribution in [0.1, 0.15) is 0 Å². The molecule has 0 aliphatic carbocycles. The van der Waals surface area contributed by atoms with Crippen molar-refractivity contribution in [2.24, 2.45) is 0 Å². The van der Waals surface area contributed by atoms with Gasteiger partial charge in [0.1, 0.15) is 0 Å². The van der Waals surface area contributed by atoms with E-state index in [1.165, 1.54) is 43.5 Å². The summed E-state index contributed by atoms with van der Waals surface area (Å²) in [5.41, 5.74) is 9.42. The molecule has 9 rings (SSSR count). The summed E-state index contributed by atoms with van der Waals surface area (Å²) < 4.78 is 4.70. The lowest BCUT2D eigenvalue weighted by atomic mass is 10.0. The molecule has 5 heteroatoms. The maximum absolute atomic E-state index is 5.09. The quantitative estimate of drug-likeness (QED) is 0.211. The highest BCUT2D eigenvalue weighted by molar-refractivity contribution is 6.30. The highest BCUT2D eigenvalue weighted by Crippen LogP contribution is 2.43. The van der Waals surface area contributed by atoms with Crippen LogP contribution < -0.4 is 0 Å². The third-order valence-corrected chi connectivity index (χ3v) is 8.25. The van der Waals surface area contributed by atoms with Gasteiger partial charge in [-0.1, -0.05) is 42.5 Å². The molecule has 0 aliphatic heterocycles. The minimum Gasteiger partial charge on any atom is -0.316 e. The fourth-order valence-electron chi connectivity index (χ4n) is 6.42. The van der Waals surface area contributed by atoms with Crippen molar-refractivity contribution in [1.29, 1.82) is 0 Å². The molecule has 0 fully saturated rings. The van der Waals surface area contributed by atoms with E-state index >= 15 is 0 Å². The van der Waals surface area contributed by atoms with Gasteiger partial charge in [-0.3, -0.25) is 9.97 Å². The van der Waals surface area contributed by atoms with Gasteiger partial charge >= 0.3 is 0 Å². The van der Waals surface area contributed by atoms with Crippen molar-refractivity contribution in [3.05, 3.63) is 140 Å². The molecule has 5 nitrogen and oxygen atoms in total. The molecule has 0 amide bonds. The summed E-state index contributed by atoms with van der Waals surface area (Å²) >= 11 is 0. The van der Waals surface area contributed by atoms with Gasteiger partial charge in [0.15, 0.2) is 0 Å². The molecule has 5 aromatic heterocycles. The number of fused-ring (bicyclic) bond motifs is 2. The molecular weight excluding hydrogens is 514 g/mol. The predicted molar refractivity (Wildman–Crippen MR) is 171 cm³/mol. The summed E-state index contributed by atoms with van der Waals surface area (Å²) in [6.45, 7) is 0. The second-order valence-electron chi connectivity index (χ2n) is 10.6. The number of pyridine rings is 3. The number of benzene rings is 4. The van der Waals surface area contributed by atoms with Gasteiger partial charge < -0.3 is 9.13 Å². The van der Waals surface area contributed by atoms with Crippen molar-refractivity contribution in [1.82, 2.24) is 24.1 Å². The highest BCUT2D eigenvalue weighted by Gasteiger charge is 2.22. The third kappa shape index (κ3) is 3.34. The number of nitrogens with zero attached hydrogens (tertiary/aromatic N) is 5. The van der Waals surface area contributed by atoms with E-state index < -0.39 is 0 Å². The zero-order valence-electron chi connectivity index (χ0n) is 22.5. The van der Waals surface area contributed by atoms with Gasteiger partial charge in [-0.2, -0.15) is 0 Å². The molecule has 196 valence electrons. The summed E-state index contributed by atoms with van der Waals surface area (Å²) in [6, 6.07) is 38.6. The molecule has 0 saturated heterocycles. The first-order valence-corrected chi connectivity index (χ1v) is 14.0. The zero-order valence-corrected chi connectivity index (χ0v) is 22.5. The number of para-hydroxylation sites is 1. The van der Waals surface area contributed by atoms with Gasteiger partial charge in [0.2, 0.25) is 0 Å². The van der Waals surface area contributed by atoms with Gasteiger partial charge in [-0.15, -0.1) is 0 Å². The van der Waals surface area contributed by atoms with Crippen LogP contribution in [0.3, 0.4) is 0 Å². The summed E-state index contributed by atoms with van der Waals surface area (Å²) in [4.78, 5) is 13.9. The van der Waals surface area contributed by atoms with E-state index in [0.29, 0.717) is 0 Å². The average Bonchev–Trinajstić information content (AvgIpc) is 3.65. The zero-order chi connectivity index (χ0) is 27.6. The molecule has 0 N–H and O–H groups in total. The molecule has 0 atom stereocenters. The Morgan fingerprint density at radius 2 is 1.26 bits per heavy atom. The number of hydrogen-bond donors (Lipinski definition) is 0. The molecule has 0 bridgehead atoms. The van der Waals surface area contributed by atoms with E-state index in [4.69, 9.17) is 4.98 Å². The van der Waals surface area contributed by atoms with Crippen molar-refractivity contribution < 1.29 is 0 Å². The molecular formula is C37H23N5. The fourth-order valence-corrected chi connectivity index (χ4v) is 6.42. The summed E-state index contributed by atoms with van der Waals surface area (Å²) in [6.07, 6.45) is 9.52. The lowest BCUT2D eigenvalue weighted by molar-refractivity contribution is 1.13. The second kappa shape index (κ2) is 8.85. The molecule has 0 unspecified atom stereocenters. The van der Waals surface area contributed by atoms with Crippen molar-refractivity contribution >= 4 is 43.5 Å². The smallest absolute Gasteiger partial charge is 0.0745 e. The summed E-state index contributed by atoms with van der Waals surface area (Å²) in [5.74, 6) is 0. The Hall–Kier alpha value is -5.81. The minimum atomic E-state index is 0.868. The van der Waals surface area contributed by atoms with Crippen LogP contribution in [0.2, 0.25) is 0 Å². The van der Waals surface area contributed by atoms with E-state index in [-0.39, 0.29) is 0 Å². The molecule has 4 aromatic carbocycles. The molecule has 42 heavy (non-hydrogen) atoms. The molecule has 9 aromatic rings. The Bertz CT molecular complexity index is 2330. The Labute approximate surface area is 241 Å². The predicted octanol–water partition coefficient (Wildman–Crippen LogP) is 8.84. The van der Waals surface area contributed by atoms with Crippen LogP contribution in [0.25, 0.3) is 77.4 Å². The average molecular weight is 538 g/mol. The second-order valence-corrected chi connectivity index (χ2v) is 10.6. The SMILES string of the molecule is c1ccc(-n2ccc3c2cc2ccc4cccc5c4c2c3n5-c2cc(-c3cccnc3)nc(-c3cccnc3)c2)cc1. The molecule has 0 spiro atoms. The lowest BCUT2D eigenvalue weighted by Crippen LogP contribution is -1.99. The minimum absolute atomic E-state index is 0.868. The third-order valence-electron chi connectivity index (χ3n) is 8.25. The largest absolute Gasteiger partial charge is 0.316 e. The lowest BCUT2D eigenvalue weighted by Gasteiger charge is -2.14. The maximum Gasteiger partial charge on any atom is 0.0745 e. The van der Waals surface area contributed by atoms with Gasteiger partial charge in [0.25, 0.3) is 0 Å². The van der Waals surface area contributed by atoms with Crippen molar-refractivity contribution in [2.45, 2.75) is 0 Å². The number of rotatable bonds is 4. The van der Waals surface area contributed by atoms with Crippen molar-refractivity contribution in [3.8, 4) is 33.9 Å². The highest BCUT2D eigenvalue weighted by atomic mass is 15.0. The normalized spacial score (nSPS) is 11.8. The molecule has 5 heterocycles. The van der Waals surface area contributed by atoms with Crippen LogP contribution >= 0.6 is 0 Å². The van der Waals surface area contributed by atoms with Crippen LogP contribution in [0.4, 0.5) is 0 Å². The molecule has 0 aliphatic rings. The first kappa shape index (κ1) is 22.9. The number of hydrogen-bond acceptors (Lipinski definition) is 3. The van der Waals surface area contributed by atoms with Crippen LogP contribution in [0, 0.1) is 0 Å². The van der Waals surface area contributed by atoms with E-state index in [1.807, 2.05) is 24.5 Å². The van der Waals surface area contributed by atoms with E-state index in [9.17, 15) is 0 Å². The van der Waals surface area contributed by atoms with Gasteiger partial charge in [-0.05, 0) is 77.5 Å². The Morgan fingerprint density at radius 3 is 1.98 bits per heavy atom. The van der Waals surface area contributed by atoms with E-state index in [1.54, 1.807) is 12.4 Å². The maximum atomic E-state index is 5.09. The van der Waals surface area contributed by atoms with Crippen LogP contribution in [0.5, 0.6) is 0 Å². The van der Waals surface area contributed by atoms with Crippen molar-refractivity contribution in [3.63, 3.8) is 0 Å². The van der Waals surface area contributed by atoms with E-state index in [2.05, 4.69) is 122 Å². The van der Waals surface area contributed by atoms with Crippen LogP contribution in [-0.2, 0) is 0 Å². The Morgan fingerprint density at radius 1 is 0.524 bits per heavy atom. The summed E-state index contributed by atoms with van der Waals surface area (Å²) in [5, 5.41) is 6.23. The van der Waals surface area contributed by atoms with Gasteiger partial charge in [0.05, 0.1) is 33.6 Å². The molecule has 0 saturated carbocycles. The van der Waals surface area contributed by atoms with Crippen molar-refractivity contribution in [2.75, 3.05) is 0 Å². The number of aromatic nitrogens is 5. The topological polar surface area (TPSA) is 48.5 Å².